The summed E-state index contributed by atoms with van der Waals surface area (Å²) in [4.78, 5) is 0. The van der Waals surface area contributed by atoms with Gasteiger partial charge in [-0.3, -0.25) is 0 Å². The molecule has 0 amide bonds. The van der Waals surface area contributed by atoms with Crippen molar-refractivity contribution in [3.63, 3.8) is 0 Å². The fourth-order valence-electron chi connectivity index (χ4n) is 4.48. The van der Waals surface area contributed by atoms with Crippen molar-refractivity contribution in [2.75, 3.05) is 0 Å². The van der Waals surface area contributed by atoms with E-state index in [1.165, 1.54) is 0 Å². The van der Waals surface area contributed by atoms with Crippen molar-refractivity contribution in [2.45, 2.75) is 78.6 Å². The van der Waals surface area contributed by atoms with Gasteiger partial charge in [0.1, 0.15) is 0 Å². The highest BCUT2D eigenvalue weighted by Gasteiger charge is 2.54. The van der Waals surface area contributed by atoms with Crippen LogP contribution >= 0.6 is 0 Å². The molecular formula is C20H48O8Si8. The van der Waals surface area contributed by atoms with Gasteiger partial charge in [-0.05, 0) is 78.6 Å². The van der Waals surface area contributed by atoms with Crippen LogP contribution in [0.1, 0.15) is 0 Å². The summed E-state index contributed by atoms with van der Waals surface area (Å²) in [5.41, 5.74) is 7.01. The predicted octanol–water partition coefficient (Wildman–Crippen LogP) is 6.13. The minimum atomic E-state index is -2.60. The summed E-state index contributed by atoms with van der Waals surface area (Å²) in [5.74, 6) is 0. The topological polar surface area (TPSA) is 73.8 Å². The van der Waals surface area contributed by atoms with Gasteiger partial charge in [0.15, 0.2) is 0 Å². The zero-order valence-corrected chi connectivity index (χ0v) is 32.4. The highest BCUT2D eigenvalue weighted by Crippen LogP contribution is 2.33. The Morgan fingerprint density at radius 3 is 0.556 bits per heavy atom. The van der Waals surface area contributed by atoms with E-state index < -0.39 is 68.5 Å². The lowest BCUT2D eigenvalue weighted by atomic mass is 11.3. The lowest BCUT2D eigenvalue weighted by molar-refractivity contribution is 0.238. The maximum Gasteiger partial charge on any atom is 0.344 e. The third-order valence-electron chi connectivity index (χ3n) is 5.07. The summed E-state index contributed by atoms with van der Waals surface area (Å²) in [5, 5.41) is 0. The summed E-state index contributed by atoms with van der Waals surface area (Å²) in [6.07, 6.45) is 0. The molecule has 0 N–H and O–H groups in total. The van der Waals surface area contributed by atoms with Gasteiger partial charge in [-0.25, -0.2) is 0 Å². The molecule has 2 heterocycles. The molecule has 0 atom stereocenters. The van der Waals surface area contributed by atoms with Gasteiger partial charge in [-0.15, -0.1) is 26.3 Å². The van der Waals surface area contributed by atoms with E-state index in [1.807, 2.05) is 26.2 Å². The van der Waals surface area contributed by atoms with Crippen LogP contribution in [0.25, 0.3) is 0 Å². The molecule has 36 heavy (non-hydrogen) atoms. The number of hydrogen-bond acceptors (Lipinski definition) is 8. The second-order valence-corrected chi connectivity index (χ2v) is 38.8. The Balaban J connectivity index is 0.000000369. The molecule has 0 aromatic carbocycles. The Morgan fingerprint density at radius 2 is 0.444 bits per heavy atom. The zero-order valence-electron chi connectivity index (χ0n) is 24.4. The van der Waals surface area contributed by atoms with Gasteiger partial charge >= 0.3 is 68.5 Å². The van der Waals surface area contributed by atoms with Gasteiger partial charge in [0, 0.05) is 0 Å². The monoisotopic (exact) mass is 640 g/mol. The lowest BCUT2D eigenvalue weighted by Crippen LogP contribution is -2.65. The molecular weight excluding hydrogens is 593 g/mol. The Bertz CT molecular complexity index is 688. The van der Waals surface area contributed by atoms with Crippen molar-refractivity contribution in [1.82, 2.24) is 0 Å². The number of hydrogen-bond donors (Lipinski definition) is 0. The van der Waals surface area contributed by atoms with Gasteiger partial charge in [0.2, 0.25) is 0 Å². The van der Waals surface area contributed by atoms with Crippen LogP contribution < -0.4 is 0 Å². The van der Waals surface area contributed by atoms with Crippen LogP contribution in [0.3, 0.4) is 0 Å². The normalized spacial score (nSPS) is 39.4. The lowest BCUT2D eigenvalue weighted by Gasteiger charge is -2.46. The van der Waals surface area contributed by atoms with Gasteiger partial charge in [0.05, 0.1) is 0 Å². The fourth-order valence-corrected chi connectivity index (χ4v) is 43.3. The molecule has 0 spiro atoms. The maximum absolute atomic E-state index is 6.25. The second kappa shape index (κ2) is 11.5. The standard InChI is InChI=1S/C12H24O4Si4.C8H24O4Si4/c1-9-17(5)13-18(6,10-2)15-20(8,12-4)16-19(7,11-3)14-17;1-13(2)9-14(3,4)11-16(7,8)12-15(5,6)10-13/h9-12H,1-4H2,5-8H3;1-8H3. The predicted molar refractivity (Wildman–Crippen MR) is 166 cm³/mol. The average Bonchev–Trinajstić information content (AvgIpc) is 2.62. The van der Waals surface area contributed by atoms with Crippen LogP contribution in [-0.4, -0.2) is 68.5 Å². The fraction of sp³-hybridized carbons (Fsp3) is 0.600. The molecule has 16 heteroatoms. The van der Waals surface area contributed by atoms with Crippen LogP contribution in [0.15, 0.2) is 49.1 Å². The summed E-state index contributed by atoms with van der Waals surface area (Å²) in [7, 11) is -18.8. The van der Waals surface area contributed by atoms with E-state index in [4.69, 9.17) is 32.9 Å². The van der Waals surface area contributed by atoms with Crippen molar-refractivity contribution < 1.29 is 32.9 Å². The zero-order chi connectivity index (χ0) is 28.5. The molecule has 2 fully saturated rings. The third kappa shape index (κ3) is 10.5. The second-order valence-electron chi connectivity index (χ2n) is 11.3. The average molecular weight is 641 g/mol. The smallest absolute Gasteiger partial charge is 0.344 e. The first-order valence-corrected chi connectivity index (χ1v) is 32.9. The molecule has 0 aliphatic carbocycles. The first-order valence-electron chi connectivity index (χ1n) is 12.1. The highest BCUT2D eigenvalue weighted by molar-refractivity contribution is 6.98. The van der Waals surface area contributed by atoms with Crippen molar-refractivity contribution >= 4 is 68.5 Å². The quantitative estimate of drug-likeness (QED) is 0.340. The minimum absolute atomic E-state index is 1.75. The van der Waals surface area contributed by atoms with Crippen molar-refractivity contribution in [1.29, 1.82) is 0 Å². The first-order chi connectivity index (χ1) is 15.9. The molecule has 2 saturated heterocycles. The van der Waals surface area contributed by atoms with E-state index in [-0.39, 0.29) is 0 Å². The molecule has 2 rings (SSSR count). The maximum atomic E-state index is 6.25. The summed E-state index contributed by atoms with van der Waals surface area (Å²) >= 11 is 0. The van der Waals surface area contributed by atoms with Crippen LogP contribution in [0.5, 0.6) is 0 Å². The molecule has 0 bridgehead atoms. The highest BCUT2D eigenvalue weighted by atomic mass is 28.5. The Hall–Kier alpha value is 0.375. The Kier molecular flexibility index (Phi) is 11.0. The summed E-state index contributed by atoms with van der Waals surface area (Å²) < 4.78 is 49.6. The molecule has 0 aromatic heterocycles. The van der Waals surface area contributed by atoms with Crippen molar-refractivity contribution in [3.05, 3.63) is 49.1 Å². The molecule has 2 aliphatic rings. The van der Waals surface area contributed by atoms with E-state index in [2.05, 4.69) is 78.7 Å². The van der Waals surface area contributed by atoms with E-state index in [9.17, 15) is 0 Å². The van der Waals surface area contributed by atoms with Crippen LogP contribution in [-0.2, 0) is 32.9 Å². The molecule has 208 valence electrons. The molecule has 0 unspecified atom stereocenters. The SMILES string of the molecule is C=C[Si]1(C)O[Si](C)(C=C)O[Si](C)(C=C)O[Si](C)(C=C)O1.C[Si]1(C)O[Si](C)(C)O[Si](C)(C)O[Si](C)(C)O1. The Labute approximate surface area is 228 Å². The largest absolute Gasteiger partial charge is 0.416 e. The molecule has 0 aromatic rings. The summed E-state index contributed by atoms with van der Waals surface area (Å²) in [6, 6.07) is 0. The van der Waals surface area contributed by atoms with E-state index in [0.29, 0.717) is 0 Å². The van der Waals surface area contributed by atoms with Gasteiger partial charge in [-0.1, -0.05) is 22.8 Å². The van der Waals surface area contributed by atoms with Crippen LogP contribution in [0, 0.1) is 0 Å². The van der Waals surface area contributed by atoms with Gasteiger partial charge in [-0.2, -0.15) is 0 Å². The summed E-state index contributed by atoms with van der Waals surface area (Å²) in [6.45, 7) is 39.7. The van der Waals surface area contributed by atoms with Crippen molar-refractivity contribution in [2.24, 2.45) is 0 Å². The number of rotatable bonds is 4. The third-order valence-corrected chi connectivity index (χ3v) is 36.7. The van der Waals surface area contributed by atoms with Gasteiger partial charge in [0.25, 0.3) is 0 Å². The molecule has 0 radical (unpaired) electrons. The van der Waals surface area contributed by atoms with Crippen molar-refractivity contribution in [3.8, 4) is 0 Å². The van der Waals surface area contributed by atoms with Gasteiger partial charge < -0.3 is 32.9 Å². The minimum Gasteiger partial charge on any atom is -0.416 e. The van der Waals surface area contributed by atoms with E-state index in [1.54, 1.807) is 22.8 Å². The Morgan fingerprint density at radius 1 is 0.306 bits per heavy atom. The van der Waals surface area contributed by atoms with E-state index in [0.717, 1.165) is 0 Å². The van der Waals surface area contributed by atoms with Crippen LogP contribution in [0.4, 0.5) is 0 Å². The molecule has 0 saturated carbocycles. The molecule has 8 nitrogen and oxygen atoms in total. The molecule has 2 aliphatic heterocycles. The van der Waals surface area contributed by atoms with Crippen LogP contribution in [0.2, 0.25) is 78.6 Å². The van der Waals surface area contributed by atoms with E-state index >= 15 is 0 Å². The first kappa shape index (κ1) is 34.4.